The smallest absolute Gasteiger partial charge is 0.101 e. The summed E-state index contributed by atoms with van der Waals surface area (Å²) < 4.78 is 1.88. The number of hydrogen-bond acceptors (Lipinski definition) is 4. The number of nitrogens with zero attached hydrogens (tertiary/aromatic N) is 3. The van der Waals surface area contributed by atoms with Gasteiger partial charge in [0, 0.05) is 37.8 Å². The van der Waals surface area contributed by atoms with Crippen LogP contribution in [0.4, 0.5) is 0 Å². The Morgan fingerprint density at radius 2 is 1.96 bits per heavy atom. The fraction of sp³-hybridized carbons (Fsp3) is 0.278. The highest BCUT2D eigenvalue weighted by Gasteiger charge is 2.16. The molecule has 0 amide bonds. The topological polar surface area (TPSA) is 41.3 Å². The number of aliphatic hydroxyl groups excluding tert-OH is 1. The Labute approximate surface area is 140 Å². The SMILES string of the molecule is Cn1nccc1CN(Cc1ccccc1)CC(O)c1cccs1. The van der Waals surface area contributed by atoms with Gasteiger partial charge in [-0.15, -0.1) is 11.3 Å². The van der Waals surface area contributed by atoms with Crippen LogP contribution in [0.15, 0.2) is 60.1 Å². The summed E-state index contributed by atoms with van der Waals surface area (Å²) in [7, 11) is 1.95. The number of thiophene rings is 1. The molecular formula is C18H21N3OS. The summed E-state index contributed by atoms with van der Waals surface area (Å²) in [6.45, 7) is 2.16. The quantitative estimate of drug-likeness (QED) is 0.724. The first kappa shape index (κ1) is 15.9. The summed E-state index contributed by atoms with van der Waals surface area (Å²) in [5.74, 6) is 0. The second-order valence-electron chi connectivity index (χ2n) is 5.63. The van der Waals surface area contributed by atoms with E-state index in [1.807, 2.05) is 59.7 Å². The van der Waals surface area contributed by atoms with E-state index >= 15 is 0 Å². The fourth-order valence-corrected chi connectivity index (χ4v) is 3.33. The van der Waals surface area contributed by atoms with Crippen LogP contribution >= 0.6 is 11.3 Å². The summed E-state index contributed by atoms with van der Waals surface area (Å²) >= 11 is 1.60. The molecule has 0 saturated carbocycles. The molecule has 0 fully saturated rings. The Morgan fingerprint density at radius 3 is 2.61 bits per heavy atom. The number of aromatic nitrogens is 2. The van der Waals surface area contributed by atoms with Gasteiger partial charge in [0.15, 0.2) is 0 Å². The molecule has 2 heterocycles. The Balaban J connectivity index is 1.74. The molecule has 120 valence electrons. The van der Waals surface area contributed by atoms with Gasteiger partial charge < -0.3 is 5.11 Å². The van der Waals surface area contributed by atoms with Crippen molar-refractivity contribution in [1.82, 2.24) is 14.7 Å². The molecule has 0 aliphatic rings. The van der Waals surface area contributed by atoms with Gasteiger partial charge in [0.05, 0.1) is 5.69 Å². The molecule has 4 nitrogen and oxygen atoms in total. The number of hydrogen-bond donors (Lipinski definition) is 1. The van der Waals surface area contributed by atoms with Gasteiger partial charge in [0.2, 0.25) is 0 Å². The average Bonchev–Trinajstić information content (AvgIpc) is 3.21. The van der Waals surface area contributed by atoms with E-state index in [1.165, 1.54) is 5.56 Å². The normalized spacial score (nSPS) is 12.7. The lowest BCUT2D eigenvalue weighted by Crippen LogP contribution is -2.28. The molecule has 3 rings (SSSR count). The molecule has 23 heavy (non-hydrogen) atoms. The zero-order valence-electron chi connectivity index (χ0n) is 13.2. The predicted octanol–water partition coefficient (Wildman–Crippen LogP) is 3.22. The van der Waals surface area contributed by atoms with Crippen LogP contribution in [0.2, 0.25) is 0 Å². The molecule has 1 aromatic carbocycles. The van der Waals surface area contributed by atoms with E-state index in [-0.39, 0.29) is 0 Å². The van der Waals surface area contributed by atoms with Crippen LogP contribution in [0.1, 0.15) is 22.2 Å². The van der Waals surface area contributed by atoms with Crippen molar-refractivity contribution in [3.63, 3.8) is 0 Å². The van der Waals surface area contributed by atoms with Crippen molar-refractivity contribution in [3.8, 4) is 0 Å². The van der Waals surface area contributed by atoms with E-state index in [9.17, 15) is 5.11 Å². The van der Waals surface area contributed by atoms with E-state index in [2.05, 4.69) is 22.1 Å². The van der Waals surface area contributed by atoms with Crippen LogP contribution in [0, 0.1) is 0 Å². The molecule has 5 heteroatoms. The molecule has 0 aliphatic carbocycles. The van der Waals surface area contributed by atoms with Crippen molar-refractivity contribution in [2.24, 2.45) is 7.05 Å². The third-order valence-corrected chi connectivity index (χ3v) is 4.83. The summed E-state index contributed by atoms with van der Waals surface area (Å²) in [5, 5.41) is 16.7. The molecule has 1 unspecified atom stereocenters. The Hall–Kier alpha value is -1.95. The van der Waals surface area contributed by atoms with Gasteiger partial charge in [0.1, 0.15) is 6.10 Å². The molecule has 0 bridgehead atoms. The molecule has 0 radical (unpaired) electrons. The van der Waals surface area contributed by atoms with Crippen molar-refractivity contribution in [1.29, 1.82) is 0 Å². The van der Waals surface area contributed by atoms with E-state index in [1.54, 1.807) is 11.3 Å². The first-order valence-corrected chi connectivity index (χ1v) is 8.55. The number of rotatable bonds is 7. The van der Waals surface area contributed by atoms with E-state index in [0.29, 0.717) is 6.54 Å². The van der Waals surface area contributed by atoms with Crippen LogP contribution in [-0.2, 0) is 20.1 Å². The lowest BCUT2D eigenvalue weighted by atomic mass is 10.2. The Bertz CT molecular complexity index is 709. The minimum Gasteiger partial charge on any atom is -0.386 e. The van der Waals surface area contributed by atoms with Crippen LogP contribution in [0.5, 0.6) is 0 Å². The van der Waals surface area contributed by atoms with Gasteiger partial charge in [-0.2, -0.15) is 5.10 Å². The molecule has 0 spiro atoms. The molecule has 2 aromatic heterocycles. The third kappa shape index (κ3) is 4.28. The van der Waals surface area contributed by atoms with Crippen molar-refractivity contribution < 1.29 is 5.11 Å². The lowest BCUT2D eigenvalue weighted by molar-refractivity contribution is 0.106. The number of aliphatic hydroxyl groups is 1. The number of benzene rings is 1. The molecule has 3 aromatic rings. The van der Waals surface area contributed by atoms with E-state index < -0.39 is 6.10 Å². The Kier molecular flexibility index (Phi) is 5.23. The Morgan fingerprint density at radius 1 is 1.13 bits per heavy atom. The maximum Gasteiger partial charge on any atom is 0.101 e. The van der Waals surface area contributed by atoms with Crippen molar-refractivity contribution >= 4 is 11.3 Å². The minimum atomic E-state index is -0.466. The zero-order valence-corrected chi connectivity index (χ0v) is 14.0. The first-order chi connectivity index (χ1) is 11.2. The van der Waals surface area contributed by atoms with Crippen LogP contribution < -0.4 is 0 Å². The van der Waals surface area contributed by atoms with Gasteiger partial charge in [-0.25, -0.2) is 0 Å². The largest absolute Gasteiger partial charge is 0.386 e. The van der Waals surface area contributed by atoms with E-state index in [0.717, 1.165) is 23.7 Å². The highest BCUT2D eigenvalue weighted by Crippen LogP contribution is 2.21. The maximum absolute atomic E-state index is 10.5. The van der Waals surface area contributed by atoms with Crippen LogP contribution in [0.25, 0.3) is 0 Å². The van der Waals surface area contributed by atoms with Crippen molar-refractivity contribution in [2.75, 3.05) is 6.54 Å². The molecule has 1 atom stereocenters. The predicted molar refractivity (Wildman–Crippen MR) is 93.0 cm³/mol. The minimum absolute atomic E-state index is 0.466. The van der Waals surface area contributed by atoms with Gasteiger partial charge >= 0.3 is 0 Å². The third-order valence-electron chi connectivity index (χ3n) is 3.86. The molecule has 0 aliphatic heterocycles. The summed E-state index contributed by atoms with van der Waals surface area (Å²) in [5.41, 5.74) is 2.38. The van der Waals surface area contributed by atoms with Gasteiger partial charge in [-0.1, -0.05) is 36.4 Å². The average molecular weight is 327 g/mol. The highest BCUT2D eigenvalue weighted by molar-refractivity contribution is 7.10. The zero-order chi connectivity index (χ0) is 16.1. The van der Waals surface area contributed by atoms with Gasteiger partial charge in [-0.05, 0) is 23.1 Å². The van der Waals surface area contributed by atoms with Crippen LogP contribution in [-0.4, -0.2) is 26.3 Å². The van der Waals surface area contributed by atoms with E-state index in [4.69, 9.17) is 0 Å². The maximum atomic E-state index is 10.5. The van der Waals surface area contributed by atoms with Crippen LogP contribution in [0.3, 0.4) is 0 Å². The summed E-state index contributed by atoms with van der Waals surface area (Å²) in [4.78, 5) is 3.27. The second kappa shape index (κ2) is 7.55. The second-order valence-corrected chi connectivity index (χ2v) is 6.61. The standard InChI is InChI=1S/C18H21N3OS/c1-20-16(9-10-19-20)13-21(12-15-6-3-2-4-7-15)14-17(22)18-8-5-11-23-18/h2-11,17,22H,12-14H2,1H3. The first-order valence-electron chi connectivity index (χ1n) is 7.67. The van der Waals surface area contributed by atoms with Gasteiger partial charge in [-0.3, -0.25) is 9.58 Å². The monoisotopic (exact) mass is 327 g/mol. The molecule has 1 N–H and O–H groups in total. The molecule has 0 saturated heterocycles. The van der Waals surface area contributed by atoms with Crippen molar-refractivity contribution in [2.45, 2.75) is 19.2 Å². The lowest BCUT2D eigenvalue weighted by Gasteiger charge is -2.25. The molecular weight excluding hydrogens is 306 g/mol. The van der Waals surface area contributed by atoms with Gasteiger partial charge in [0.25, 0.3) is 0 Å². The summed E-state index contributed by atoms with van der Waals surface area (Å²) in [6.07, 6.45) is 1.35. The number of aryl methyl sites for hydroxylation is 1. The highest BCUT2D eigenvalue weighted by atomic mass is 32.1. The fourth-order valence-electron chi connectivity index (χ4n) is 2.63. The van der Waals surface area contributed by atoms with Crippen molar-refractivity contribution in [3.05, 3.63) is 76.2 Å². The summed E-state index contributed by atoms with van der Waals surface area (Å²) in [6, 6.07) is 16.3.